The van der Waals surface area contributed by atoms with Crippen molar-refractivity contribution in [3.05, 3.63) is 39.9 Å². The number of alkyl halides is 3. The monoisotopic (exact) mass is 356 g/mol. The zero-order valence-electron chi connectivity index (χ0n) is 10.1. The highest BCUT2D eigenvalue weighted by atomic mass is 35.5. The smallest absolute Gasteiger partial charge is 0.353 e. The van der Waals surface area contributed by atoms with Crippen LogP contribution in [0.5, 0.6) is 0 Å². The molecular weight excluding hydrogens is 349 g/mol. The van der Waals surface area contributed by atoms with E-state index in [1.165, 1.54) is 0 Å². The standard InChI is InChI=1S/C11H8ClF3N2O2S2/c12-7-3-1-2-6(4-7)5-20-9-17-16-8(21-9)10(18,19)11(13,14)15/h1-4,18-19H,5H2. The van der Waals surface area contributed by atoms with Gasteiger partial charge in [-0.05, 0) is 17.7 Å². The second-order valence-corrected chi connectivity index (χ2v) is 6.60. The van der Waals surface area contributed by atoms with Crippen LogP contribution < -0.4 is 0 Å². The first-order chi connectivity index (χ1) is 9.70. The van der Waals surface area contributed by atoms with Crippen LogP contribution in [-0.4, -0.2) is 26.6 Å². The Balaban J connectivity index is 2.07. The summed E-state index contributed by atoms with van der Waals surface area (Å²) in [5, 5.41) is 24.5. The Kier molecular flexibility index (Phi) is 4.79. The lowest BCUT2D eigenvalue weighted by atomic mass is 10.2. The van der Waals surface area contributed by atoms with Gasteiger partial charge < -0.3 is 10.2 Å². The predicted molar refractivity (Wildman–Crippen MR) is 73.1 cm³/mol. The number of thioether (sulfide) groups is 1. The fraction of sp³-hybridized carbons (Fsp3) is 0.273. The molecule has 0 fully saturated rings. The Bertz CT molecular complexity index is 634. The van der Waals surface area contributed by atoms with Gasteiger partial charge in [0.15, 0.2) is 9.35 Å². The lowest BCUT2D eigenvalue weighted by Gasteiger charge is -2.20. The van der Waals surface area contributed by atoms with E-state index in [9.17, 15) is 13.2 Å². The molecule has 0 aliphatic carbocycles. The van der Waals surface area contributed by atoms with E-state index in [4.69, 9.17) is 21.8 Å². The number of aromatic nitrogens is 2. The van der Waals surface area contributed by atoms with Crippen molar-refractivity contribution < 1.29 is 23.4 Å². The van der Waals surface area contributed by atoms with Crippen molar-refractivity contribution in [2.24, 2.45) is 0 Å². The molecule has 21 heavy (non-hydrogen) atoms. The maximum atomic E-state index is 12.4. The molecule has 4 nitrogen and oxygen atoms in total. The zero-order valence-corrected chi connectivity index (χ0v) is 12.5. The first-order valence-corrected chi connectivity index (χ1v) is 7.61. The highest BCUT2D eigenvalue weighted by molar-refractivity contribution is 8.00. The number of hydrogen-bond acceptors (Lipinski definition) is 6. The van der Waals surface area contributed by atoms with Gasteiger partial charge in [0, 0.05) is 10.8 Å². The van der Waals surface area contributed by atoms with Gasteiger partial charge in [-0.2, -0.15) is 13.2 Å². The van der Waals surface area contributed by atoms with Crippen LogP contribution in [0.1, 0.15) is 10.6 Å². The van der Waals surface area contributed by atoms with E-state index in [0.29, 0.717) is 22.1 Å². The van der Waals surface area contributed by atoms with E-state index in [2.05, 4.69) is 10.2 Å². The first-order valence-electron chi connectivity index (χ1n) is 5.43. The van der Waals surface area contributed by atoms with E-state index in [0.717, 1.165) is 17.3 Å². The van der Waals surface area contributed by atoms with Gasteiger partial charge in [0.1, 0.15) is 0 Å². The Hall–Kier alpha value is -0.870. The van der Waals surface area contributed by atoms with Crippen molar-refractivity contribution in [1.82, 2.24) is 10.2 Å². The van der Waals surface area contributed by atoms with E-state index in [1.54, 1.807) is 24.3 Å². The van der Waals surface area contributed by atoms with Crippen LogP contribution in [0.2, 0.25) is 5.02 Å². The molecule has 0 radical (unpaired) electrons. The molecule has 0 atom stereocenters. The summed E-state index contributed by atoms with van der Waals surface area (Å²) in [6.45, 7) is 0. The zero-order chi connectivity index (χ0) is 15.7. The largest absolute Gasteiger partial charge is 0.450 e. The van der Waals surface area contributed by atoms with Gasteiger partial charge in [-0.15, -0.1) is 10.2 Å². The van der Waals surface area contributed by atoms with Crippen molar-refractivity contribution in [3.8, 4) is 0 Å². The van der Waals surface area contributed by atoms with Crippen molar-refractivity contribution in [2.45, 2.75) is 22.1 Å². The number of benzene rings is 1. The Labute approximate surface area is 130 Å². The third-order valence-corrected chi connectivity index (χ3v) is 4.81. The lowest BCUT2D eigenvalue weighted by molar-refractivity contribution is -0.358. The maximum absolute atomic E-state index is 12.4. The summed E-state index contributed by atoms with van der Waals surface area (Å²) in [6, 6.07) is 6.97. The second-order valence-electron chi connectivity index (χ2n) is 3.96. The summed E-state index contributed by atoms with van der Waals surface area (Å²) in [7, 11) is 0. The molecule has 10 heteroatoms. The first kappa shape index (κ1) is 16.5. The summed E-state index contributed by atoms with van der Waals surface area (Å²) >= 11 is 7.42. The number of hydrogen-bond donors (Lipinski definition) is 2. The van der Waals surface area contributed by atoms with Gasteiger partial charge >= 0.3 is 12.0 Å². The third-order valence-electron chi connectivity index (χ3n) is 2.35. The Morgan fingerprint density at radius 1 is 1.24 bits per heavy atom. The van der Waals surface area contributed by atoms with Crippen LogP contribution >= 0.6 is 34.7 Å². The molecule has 0 unspecified atom stereocenters. The molecule has 0 saturated heterocycles. The summed E-state index contributed by atoms with van der Waals surface area (Å²) in [5.74, 6) is -3.56. The molecule has 0 aliphatic rings. The molecular formula is C11H8ClF3N2O2S2. The summed E-state index contributed by atoms with van der Waals surface area (Å²) < 4.78 is 37.5. The van der Waals surface area contributed by atoms with Gasteiger partial charge in [-0.3, -0.25) is 0 Å². The molecule has 0 amide bonds. The minimum atomic E-state index is -5.23. The van der Waals surface area contributed by atoms with Crippen molar-refractivity contribution >= 4 is 34.7 Å². The van der Waals surface area contributed by atoms with E-state index < -0.39 is 17.0 Å². The van der Waals surface area contributed by atoms with E-state index >= 15 is 0 Å². The molecule has 0 bridgehead atoms. The molecule has 0 aliphatic heterocycles. The fourth-order valence-electron chi connectivity index (χ4n) is 1.30. The van der Waals surface area contributed by atoms with Crippen molar-refractivity contribution in [1.29, 1.82) is 0 Å². The third kappa shape index (κ3) is 3.86. The number of aliphatic hydroxyl groups is 2. The SMILES string of the molecule is OC(O)(c1nnc(SCc2cccc(Cl)c2)s1)C(F)(F)F. The predicted octanol–water partition coefficient (Wildman–Crippen LogP) is 3.18. The minimum absolute atomic E-state index is 0.196. The van der Waals surface area contributed by atoms with Crippen LogP contribution in [0.15, 0.2) is 28.6 Å². The van der Waals surface area contributed by atoms with Crippen LogP contribution in [-0.2, 0) is 11.5 Å². The summed E-state index contributed by atoms with van der Waals surface area (Å²) in [4.78, 5) is 0. The summed E-state index contributed by atoms with van der Waals surface area (Å²) in [6.07, 6.45) is -5.23. The highest BCUT2D eigenvalue weighted by Crippen LogP contribution is 2.39. The quantitative estimate of drug-likeness (QED) is 0.650. The minimum Gasteiger partial charge on any atom is -0.353 e. The maximum Gasteiger partial charge on any atom is 0.450 e. The number of halogens is 4. The molecule has 1 aromatic carbocycles. The summed E-state index contributed by atoms with van der Waals surface area (Å²) in [5.41, 5.74) is 0.860. The topological polar surface area (TPSA) is 66.2 Å². The van der Waals surface area contributed by atoms with Crippen LogP contribution in [0, 0.1) is 0 Å². The normalized spacial score (nSPS) is 12.7. The van der Waals surface area contributed by atoms with Crippen molar-refractivity contribution in [2.75, 3.05) is 0 Å². The van der Waals surface area contributed by atoms with E-state index in [1.807, 2.05) is 0 Å². The number of nitrogens with zero attached hydrogens (tertiary/aromatic N) is 2. The van der Waals surface area contributed by atoms with Crippen molar-refractivity contribution in [3.63, 3.8) is 0 Å². The average molecular weight is 357 g/mol. The molecule has 1 heterocycles. The van der Waals surface area contributed by atoms with Gasteiger partial charge in [0.25, 0.3) is 0 Å². The Morgan fingerprint density at radius 2 is 1.95 bits per heavy atom. The Morgan fingerprint density at radius 3 is 2.57 bits per heavy atom. The second kappa shape index (κ2) is 6.09. The van der Waals surface area contributed by atoms with Gasteiger partial charge in [0.2, 0.25) is 0 Å². The molecule has 1 aromatic heterocycles. The van der Waals surface area contributed by atoms with Crippen LogP contribution in [0.3, 0.4) is 0 Å². The average Bonchev–Trinajstić information content (AvgIpc) is 2.84. The highest BCUT2D eigenvalue weighted by Gasteiger charge is 2.57. The van der Waals surface area contributed by atoms with Crippen LogP contribution in [0.25, 0.3) is 0 Å². The van der Waals surface area contributed by atoms with Gasteiger partial charge in [0.05, 0.1) is 0 Å². The molecule has 2 N–H and O–H groups in total. The van der Waals surface area contributed by atoms with E-state index in [-0.39, 0.29) is 4.34 Å². The molecule has 0 saturated carbocycles. The molecule has 2 rings (SSSR count). The number of rotatable bonds is 4. The van der Waals surface area contributed by atoms with Gasteiger partial charge in [-0.25, -0.2) is 0 Å². The molecule has 2 aromatic rings. The van der Waals surface area contributed by atoms with Gasteiger partial charge in [-0.1, -0.05) is 46.8 Å². The fourth-order valence-corrected chi connectivity index (χ4v) is 3.32. The van der Waals surface area contributed by atoms with Crippen LogP contribution in [0.4, 0.5) is 13.2 Å². The molecule has 114 valence electrons. The molecule has 0 spiro atoms. The lowest BCUT2D eigenvalue weighted by Crippen LogP contribution is -2.41.